The number of alkyl halides is 3. The molecule has 0 aliphatic carbocycles. The van der Waals surface area contributed by atoms with E-state index >= 15 is 0 Å². The van der Waals surface area contributed by atoms with Crippen molar-refractivity contribution in [1.29, 1.82) is 0 Å². The van der Waals surface area contributed by atoms with Crippen LogP contribution < -0.4 is 10.2 Å². The van der Waals surface area contributed by atoms with Gasteiger partial charge < -0.3 is 9.47 Å². The number of carbonyl (C=O) groups excluding carboxylic acids is 1. The molecule has 1 amide bonds. The average Bonchev–Trinajstić information content (AvgIpc) is 2.92. The zero-order valence-corrected chi connectivity index (χ0v) is 12.3. The highest BCUT2D eigenvalue weighted by Crippen LogP contribution is 2.34. The number of nitrogens with zero attached hydrogens (tertiary/aromatic N) is 3. The second kappa shape index (κ2) is 5.87. The molecule has 7 nitrogen and oxygen atoms in total. The summed E-state index contributed by atoms with van der Waals surface area (Å²) in [6, 6.07) is 4.22. The second-order valence-corrected chi connectivity index (χ2v) is 4.91. The number of aryl methyl sites for hydroxylation is 1. The minimum Gasteiger partial charge on any atom is -0.442 e. The Kier molecular flexibility index (Phi) is 3.87. The summed E-state index contributed by atoms with van der Waals surface area (Å²) in [6.07, 6.45) is -2.58. The summed E-state index contributed by atoms with van der Waals surface area (Å²) in [5.74, 6) is -0.396. The molecule has 2 heterocycles. The zero-order valence-electron chi connectivity index (χ0n) is 12.3. The Hall–Kier alpha value is -3.04. The number of halogens is 3. The quantitative estimate of drug-likeness (QED) is 0.931. The minimum atomic E-state index is -4.85. The Morgan fingerprint density at radius 1 is 1.33 bits per heavy atom. The molecule has 24 heavy (non-hydrogen) atoms. The van der Waals surface area contributed by atoms with Crippen LogP contribution in [0, 0.1) is 0 Å². The highest BCUT2D eigenvalue weighted by atomic mass is 19.4. The van der Waals surface area contributed by atoms with Crippen LogP contribution in [0.15, 0.2) is 35.7 Å². The van der Waals surface area contributed by atoms with E-state index in [0.717, 1.165) is 0 Å². The van der Waals surface area contributed by atoms with Crippen molar-refractivity contribution in [2.24, 2.45) is 12.1 Å². The highest BCUT2D eigenvalue weighted by Gasteiger charge is 2.33. The number of aromatic nitrogens is 2. The Balaban J connectivity index is 2.02. The van der Waals surface area contributed by atoms with Crippen LogP contribution in [0.5, 0.6) is 5.75 Å². The molecule has 0 atom stereocenters. The van der Waals surface area contributed by atoms with Gasteiger partial charge in [0.2, 0.25) is 0 Å². The van der Waals surface area contributed by atoms with Gasteiger partial charge in [0.25, 0.3) is 0 Å². The van der Waals surface area contributed by atoms with Crippen molar-refractivity contribution in [3.63, 3.8) is 0 Å². The normalized spacial score (nSPS) is 14.7. The van der Waals surface area contributed by atoms with Crippen molar-refractivity contribution in [1.82, 2.24) is 15.2 Å². The Bertz CT molecular complexity index is 814. The highest BCUT2D eigenvalue weighted by molar-refractivity contribution is 6.04. The first-order valence-electron chi connectivity index (χ1n) is 6.70. The van der Waals surface area contributed by atoms with Crippen LogP contribution in [0.2, 0.25) is 0 Å². The standard InChI is InChI=1S/C14H11F3N4O3/c1-21-6-9(5-18-21)10-3-2-8(4-12(10)24-14(15,16)17)11-7-23-13(22)20-19-11/h2-6H,7H2,1H3,(H,20,22). The molecule has 0 unspecified atom stereocenters. The number of amides is 1. The molecule has 1 aromatic carbocycles. The lowest BCUT2D eigenvalue weighted by Crippen LogP contribution is -2.30. The zero-order chi connectivity index (χ0) is 17.3. The summed E-state index contributed by atoms with van der Waals surface area (Å²) in [6.45, 7) is -0.149. The second-order valence-electron chi connectivity index (χ2n) is 4.91. The van der Waals surface area contributed by atoms with Gasteiger partial charge in [-0.05, 0) is 12.1 Å². The molecule has 1 aromatic heterocycles. The smallest absolute Gasteiger partial charge is 0.442 e. The first-order chi connectivity index (χ1) is 11.3. The maximum absolute atomic E-state index is 12.7. The number of nitrogens with one attached hydrogen (secondary N) is 1. The molecule has 2 aromatic rings. The van der Waals surface area contributed by atoms with Crippen LogP contribution in [0.4, 0.5) is 18.0 Å². The van der Waals surface area contributed by atoms with Gasteiger partial charge in [0.1, 0.15) is 18.1 Å². The van der Waals surface area contributed by atoms with Gasteiger partial charge in [0.15, 0.2) is 0 Å². The third kappa shape index (κ3) is 3.47. The van der Waals surface area contributed by atoms with Crippen molar-refractivity contribution in [3.8, 4) is 16.9 Å². The topological polar surface area (TPSA) is 77.7 Å². The van der Waals surface area contributed by atoms with Gasteiger partial charge in [0, 0.05) is 29.9 Å². The monoisotopic (exact) mass is 340 g/mol. The molecule has 0 bridgehead atoms. The fraction of sp³-hybridized carbons (Fsp3) is 0.214. The molecular weight excluding hydrogens is 329 g/mol. The van der Waals surface area contributed by atoms with Crippen LogP contribution in [0.25, 0.3) is 11.1 Å². The van der Waals surface area contributed by atoms with Crippen molar-refractivity contribution < 1.29 is 27.4 Å². The van der Waals surface area contributed by atoms with Crippen molar-refractivity contribution in [2.75, 3.05) is 6.61 Å². The number of hydrogen-bond acceptors (Lipinski definition) is 5. The third-order valence-corrected chi connectivity index (χ3v) is 3.18. The molecule has 0 saturated heterocycles. The van der Waals surface area contributed by atoms with E-state index in [9.17, 15) is 18.0 Å². The Morgan fingerprint density at radius 2 is 2.12 bits per heavy atom. The maximum Gasteiger partial charge on any atom is 0.573 e. The van der Waals surface area contributed by atoms with E-state index in [1.54, 1.807) is 19.3 Å². The predicted molar refractivity (Wildman–Crippen MR) is 76.3 cm³/mol. The summed E-state index contributed by atoms with van der Waals surface area (Å²) in [4.78, 5) is 10.9. The van der Waals surface area contributed by atoms with Gasteiger partial charge in [-0.15, -0.1) is 13.2 Å². The van der Waals surface area contributed by atoms with Crippen LogP contribution >= 0.6 is 0 Å². The fourth-order valence-corrected chi connectivity index (χ4v) is 2.17. The number of cyclic esters (lactones) is 1. The molecule has 0 spiro atoms. The number of carbonyl (C=O) groups is 1. The fourth-order valence-electron chi connectivity index (χ4n) is 2.17. The van der Waals surface area contributed by atoms with Gasteiger partial charge in [0.05, 0.1) is 6.20 Å². The lowest BCUT2D eigenvalue weighted by Gasteiger charge is -2.16. The number of hydrazone groups is 1. The molecule has 1 aliphatic rings. The summed E-state index contributed by atoms with van der Waals surface area (Å²) >= 11 is 0. The number of rotatable bonds is 3. The molecule has 3 rings (SSSR count). The third-order valence-electron chi connectivity index (χ3n) is 3.18. The maximum atomic E-state index is 12.7. The molecule has 1 aliphatic heterocycles. The average molecular weight is 340 g/mol. The molecule has 10 heteroatoms. The first kappa shape index (κ1) is 15.8. The Morgan fingerprint density at radius 3 is 2.71 bits per heavy atom. The number of benzene rings is 1. The van der Waals surface area contributed by atoms with Gasteiger partial charge in [-0.3, -0.25) is 4.68 Å². The molecule has 0 saturated carbocycles. The van der Waals surface area contributed by atoms with Crippen molar-refractivity contribution in [2.45, 2.75) is 6.36 Å². The van der Waals surface area contributed by atoms with Gasteiger partial charge in [-0.25, -0.2) is 10.2 Å². The van der Waals surface area contributed by atoms with E-state index in [1.807, 2.05) is 0 Å². The van der Waals surface area contributed by atoms with E-state index < -0.39 is 18.2 Å². The summed E-state index contributed by atoms with van der Waals surface area (Å²) in [5.41, 5.74) is 3.41. The first-order valence-corrected chi connectivity index (χ1v) is 6.70. The Labute approximate surface area is 133 Å². The summed E-state index contributed by atoms with van der Waals surface area (Å²) in [7, 11) is 1.65. The molecule has 0 fully saturated rings. The van der Waals surface area contributed by atoms with Crippen LogP contribution in [-0.4, -0.2) is 34.6 Å². The van der Waals surface area contributed by atoms with E-state index in [1.165, 1.54) is 23.0 Å². The van der Waals surface area contributed by atoms with Crippen LogP contribution in [0.3, 0.4) is 0 Å². The van der Waals surface area contributed by atoms with E-state index in [4.69, 9.17) is 4.74 Å². The molecule has 126 valence electrons. The van der Waals surface area contributed by atoms with Crippen LogP contribution in [0.1, 0.15) is 5.56 Å². The number of hydrogen-bond donors (Lipinski definition) is 1. The predicted octanol–water partition coefficient (Wildman–Crippen LogP) is 2.43. The SMILES string of the molecule is Cn1cc(-c2ccc(C3=NNC(=O)OC3)cc2OC(F)(F)F)cn1. The van der Waals surface area contributed by atoms with Crippen molar-refractivity contribution in [3.05, 3.63) is 36.2 Å². The molecule has 1 N–H and O–H groups in total. The minimum absolute atomic E-state index is 0.149. The molecule has 0 radical (unpaired) electrons. The van der Waals surface area contributed by atoms with Gasteiger partial charge in [-0.1, -0.05) is 6.07 Å². The lowest BCUT2D eigenvalue weighted by atomic mass is 10.0. The lowest BCUT2D eigenvalue weighted by molar-refractivity contribution is -0.274. The summed E-state index contributed by atoms with van der Waals surface area (Å²) in [5, 5.41) is 7.70. The van der Waals surface area contributed by atoms with Crippen molar-refractivity contribution >= 4 is 11.8 Å². The van der Waals surface area contributed by atoms with Crippen LogP contribution in [-0.2, 0) is 11.8 Å². The van der Waals surface area contributed by atoms with E-state index in [-0.39, 0.29) is 17.9 Å². The number of ether oxygens (including phenoxy) is 2. The largest absolute Gasteiger partial charge is 0.573 e. The molecular formula is C14H11F3N4O3. The van der Waals surface area contributed by atoms with E-state index in [2.05, 4.69) is 20.4 Å². The van der Waals surface area contributed by atoms with Gasteiger partial charge in [-0.2, -0.15) is 10.2 Å². The van der Waals surface area contributed by atoms with E-state index in [0.29, 0.717) is 11.1 Å². The summed E-state index contributed by atoms with van der Waals surface area (Å²) < 4.78 is 48.5. The van der Waals surface area contributed by atoms with Gasteiger partial charge >= 0.3 is 12.5 Å².